The van der Waals surface area contributed by atoms with E-state index in [1.54, 1.807) is 0 Å². The molecule has 0 radical (unpaired) electrons. The number of carbonyl (C=O) groups excluding carboxylic acids is 2. The van der Waals surface area contributed by atoms with Gasteiger partial charge >= 0.3 is 0 Å². The normalized spacial score (nSPS) is 29.3. The number of hydrogen-bond acceptors (Lipinski definition) is 6. The fourth-order valence-electron chi connectivity index (χ4n) is 4.13. The first-order valence-electron chi connectivity index (χ1n) is 8.87. The van der Waals surface area contributed by atoms with Gasteiger partial charge in [-0.05, 0) is 11.1 Å². The molecule has 3 aliphatic rings. The summed E-state index contributed by atoms with van der Waals surface area (Å²) in [5.74, 6) is -0.172. The van der Waals surface area contributed by atoms with Crippen LogP contribution in [0.2, 0.25) is 0 Å². The van der Waals surface area contributed by atoms with Gasteiger partial charge < -0.3 is 10.2 Å². The molecule has 2 N–H and O–H groups in total. The summed E-state index contributed by atoms with van der Waals surface area (Å²) in [6, 6.07) is 18.8. The molecule has 1 aliphatic heterocycles. The third kappa shape index (κ3) is 2.10. The number of aliphatic hydroxyl groups is 2. The van der Waals surface area contributed by atoms with Crippen LogP contribution in [0.3, 0.4) is 0 Å². The maximum atomic E-state index is 12.6. The predicted molar refractivity (Wildman–Crippen MR) is 112 cm³/mol. The van der Waals surface area contributed by atoms with Gasteiger partial charge in [-0.15, -0.1) is 23.5 Å². The second-order valence-electron chi connectivity index (χ2n) is 7.07. The van der Waals surface area contributed by atoms with Crippen molar-refractivity contribution in [1.82, 2.24) is 0 Å². The van der Waals surface area contributed by atoms with Crippen LogP contribution in [-0.4, -0.2) is 42.8 Å². The molecule has 4 nitrogen and oxygen atoms in total. The van der Waals surface area contributed by atoms with E-state index in [1.165, 1.54) is 23.5 Å². The van der Waals surface area contributed by atoms with Gasteiger partial charge in [-0.25, -0.2) is 0 Å². The molecular weight excluding hydrogens is 392 g/mol. The smallest absolute Gasteiger partial charge is 0.218 e. The van der Waals surface area contributed by atoms with Gasteiger partial charge in [0.1, 0.15) is 9.49 Å². The minimum Gasteiger partial charge on any atom is -0.504 e. The second-order valence-corrected chi connectivity index (χ2v) is 9.62. The SMILES string of the molecule is O=C1C(O)=C(c2ccccc2)[C@@]12CS[C@]1(CS2)C(=O)C(O)=C1c1ccccc1. The summed E-state index contributed by atoms with van der Waals surface area (Å²) >= 11 is 2.80. The largest absolute Gasteiger partial charge is 0.504 e. The monoisotopic (exact) mass is 408 g/mol. The van der Waals surface area contributed by atoms with Crippen molar-refractivity contribution in [3.8, 4) is 0 Å². The van der Waals surface area contributed by atoms with E-state index in [4.69, 9.17) is 0 Å². The van der Waals surface area contributed by atoms with Crippen LogP contribution in [0, 0.1) is 0 Å². The van der Waals surface area contributed by atoms with E-state index in [0.717, 1.165) is 11.1 Å². The van der Waals surface area contributed by atoms with Gasteiger partial charge in [-0.1, -0.05) is 60.7 Å². The van der Waals surface area contributed by atoms with Crippen LogP contribution in [0.25, 0.3) is 11.1 Å². The lowest BCUT2D eigenvalue weighted by Crippen LogP contribution is -2.59. The third-order valence-corrected chi connectivity index (χ3v) is 9.19. The zero-order valence-corrected chi connectivity index (χ0v) is 16.3. The zero-order valence-electron chi connectivity index (χ0n) is 14.7. The molecule has 0 amide bonds. The summed E-state index contributed by atoms with van der Waals surface area (Å²) in [4.78, 5) is 25.3. The average Bonchev–Trinajstić information content (AvgIpc) is 2.76. The van der Waals surface area contributed by atoms with Crippen molar-refractivity contribution >= 4 is 46.2 Å². The van der Waals surface area contributed by atoms with Crippen molar-refractivity contribution in [3.63, 3.8) is 0 Å². The summed E-state index contributed by atoms with van der Waals surface area (Å²) in [6.07, 6.45) is 0. The summed E-state index contributed by atoms with van der Waals surface area (Å²) in [5, 5.41) is 20.5. The number of Topliss-reactive ketones (excluding diaryl/α,β-unsaturated/α-hetero) is 2. The Labute approximate surface area is 170 Å². The number of aliphatic hydroxyl groups excluding tert-OH is 2. The Bertz CT molecular complexity index is 975. The molecule has 6 heteroatoms. The van der Waals surface area contributed by atoms with E-state index in [0.29, 0.717) is 22.7 Å². The van der Waals surface area contributed by atoms with Crippen molar-refractivity contribution in [1.29, 1.82) is 0 Å². The molecule has 2 aromatic carbocycles. The molecule has 0 bridgehead atoms. The van der Waals surface area contributed by atoms with Crippen LogP contribution in [-0.2, 0) is 9.59 Å². The maximum absolute atomic E-state index is 12.6. The van der Waals surface area contributed by atoms with E-state index in [-0.39, 0.29) is 23.1 Å². The quantitative estimate of drug-likeness (QED) is 0.781. The molecule has 2 aliphatic carbocycles. The highest BCUT2D eigenvalue weighted by atomic mass is 32.2. The van der Waals surface area contributed by atoms with Gasteiger partial charge in [-0.3, -0.25) is 9.59 Å². The van der Waals surface area contributed by atoms with Crippen molar-refractivity contribution in [3.05, 3.63) is 83.3 Å². The fraction of sp³-hybridized carbons (Fsp3) is 0.182. The van der Waals surface area contributed by atoms with E-state index < -0.39 is 9.49 Å². The second kappa shape index (κ2) is 6.03. The maximum Gasteiger partial charge on any atom is 0.218 e. The number of thioether (sulfide) groups is 2. The van der Waals surface area contributed by atoms with Gasteiger partial charge in [0.15, 0.2) is 11.5 Å². The zero-order chi connectivity index (χ0) is 19.5. The third-order valence-electron chi connectivity index (χ3n) is 5.61. The summed E-state index contributed by atoms with van der Waals surface area (Å²) < 4.78 is -1.68. The van der Waals surface area contributed by atoms with Gasteiger partial charge in [0.05, 0.1) is 0 Å². The Morgan fingerprint density at radius 2 is 1.00 bits per heavy atom. The first kappa shape index (κ1) is 17.6. The first-order chi connectivity index (χ1) is 13.5. The van der Waals surface area contributed by atoms with Crippen LogP contribution >= 0.6 is 23.5 Å². The molecule has 140 valence electrons. The highest BCUT2D eigenvalue weighted by Gasteiger charge is 2.65. The molecule has 28 heavy (non-hydrogen) atoms. The predicted octanol–water partition coefficient (Wildman–Crippen LogP) is 4.05. The first-order valence-corrected chi connectivity index (χ1v) is 10.8. The van der Waals surface area contributed by atoms with E-state index >= 15 is 0 Å². The molecule has 1 saturated heterocycles. The Balaban J connectivity index is 1.49. The number of carbonyl (C=O) groups is 2. The topological polar surface area (TPSA) is 74.6 Å². The van der Waals surface area contributed by atoms with Crippen LogP contribution in [0.5, 0.6) is 0 Å². The van der Waals surface area contributed by atoms with Crippen LogP contribution in [0.15, 0.2) is 72.2 Å². The molecule has 1 fully saturated rings. The Kier molecular flexibility index (Phi) is 3.80. The molecule has 2 atom stereocenters. The van der Waals surface area contributed by atoms with E-state index in [1.807, 2.05) is 60.7 Å². The van der Waals surface area contributed by atoms with Crippen molar-refractivity contribution in [2.45, 2.75) is 9.49 Å². The number of rotatable bonds is 2. The molecule has 1 heterocycles. The average molecular weight is 409 g/mol. The van der Waals surface area contributed by atoms with E-state index in [9.17, 15) is 19.8 Å². The highest BCUT2D eigenvalue weighted by molar-refractivity contribution is 8.10. The summed E-state index contributed by atoms with van der Waals surface area (Å²) in [5.41, 5.74) is 2.94. The highest BCUT2D eigenvalue weighted by Crippen LogP contribution is 2.63. The van der Waals surface area contributed by atoms with Crippen LogP contribution in [0.1, 0.15) is 11.1 Å². The number of ketones is 2. The minimum atomic E-state index is -0.839. The lowest BCUT2D eigenvalue weighted by molar-refractivity contribution is -0.121. The summed E-state index contributed by atoms with van der Waals surface area (Å²) in [7, 11) is 0. The van der Waals surface area contributed by atoms with E-state index in [2.05, 4.69) is 0 Å². The number of hydrogen-bond donors (Lipinski definition) is 2. The van der Waals surface area contributed by atoms with Crippen molar-refractivity contribution in [2.75, 3.05) is 11.5 Å². The van der Waals surface area contributed by atoms with Gasteiger partial charge in [0.2, 0.25) is 11.6 Å². The molecular formula is C22H16O4S2. The van der Waals surface area contributed by atoms with Crippen molar-refractivity contribution in [2.24, 2.45) is 0 Å². The number of benzene rings is 2. The molecule has 0 aromatic heterocycles. The Hall–Kier alpha value is -2.44. The molecule has 0 saturated carbocycles. The fourth-order valence-corrected chi connectivity index (χ4v) is 7.77. The van der Waals surface area contributed by atoms with Crippen LogP contribution < -0.4 is 0 Å². The molecule has 0 unspecified atom stereocenters. The van der Waals surface area contributed by atoms with Crippen LogP contribution in [0.4, 0.5) is 0 Å². The Morgan fingerprint density at radius 3 is 1.32 bits per heavy atom. The van der Waals surface area contributed by atoms with Crippen molar-refractivity contribution < 1.29 is 19.8 Å². The standard InChI is InChI=1S/C22H16O4S2/c23-17-15(13-7-3-1-4-8-13)21(19(17)25)11-28-22(12-27-21)16(18(24)20(22)26)14-9-5-2-6-10-14/h1-10,23-24H,11-12H2/t21-,22-/m0/s1. The lowest BCUT2D eigenvalue weighted by Gasteiger charge is -2.51. The number of allylic oxidation sites excluding steroid dienone is 2. The molecule has 5 rings (SSSR count). The van der Waals surface area contributed by atoms with Gasteiger partial charge in [0, 0.05) is 22.7 Å². The van der Waals surface area contributed by atoms with Gasteiger partial charge in [-0.2, -0.15) is 0 Å². The lowest BCUT2D eigenvalue weighted by atomic mass is 9.76. The van der Waals surface area contributed by atoms with Gasteiger partial charge in [0.25, 0.3) is 0 Å². The Morgan fingerprint density at radius 1 is 0.643 bits per heavy atom. The summed E-state index contributed by atoms with van der Waals surface area (Å²) in [6.45, 7) is 0. The minimum absolute atomic E-state index is 0.183. The molecule has 2 aromatic rings. The molecule has 2 spiro atoms.